The van der Waals surface area contributed by atoms with E-state index < -0.39 is 18.3 Å². The molecule has 0 saturated heterocycles. The van der Waals surface area contributed by atoms with Gasteiger partial charge in [-0.05, 0) is 64.3 Å². The smallest absolute Gasteiger partial charge is 0.268 e. The number of aldehydes is 1. The Morgan fingerprint density at radius 2 is 1.49 bits per heavy atom. The van der Waals surface area contributed by atoms with Gasteiger partial charge >= 0.3 is 0 Å². The molecule has 0 amide bonds. The number of benzene rings is 5. The Balaban J connectivity index is 1.30. The van der Waals surface area contributed by atoms with Crippen molar-refractivity contribution in [3.8, 4) is 16.8 Å². The third-order valence-electron chi connectivity index (χ3n) is 10.2. The minimum atomic E-state index is -4.27. The highest BCUT2D eigenvalue weighted by molar-refractivity contribution is 7.90. The van der Waals surface area contributed by atoms with Crippen LogP contribution in [0.2, 0.25) is 5.04 Å². The summed E-state index contributed by atoms with van der Waals surface area (Å²) in [7, 11) is -7.21. The maximum atomic E-state index is 14.6. The van der Waals surface area contributed by atoms with Crippen LogP contribution in [-0.4, -0.2) is 46.7 Å². The molecule has 8 aromatic rings. The molecule has 8 rings (SSSR count). The van der Waals surface area contributed by atoms with E-state index in [4.69, 9.17) is 10.2 Å². The molecule has 0 fully saturated rings. The topological polar surface area (TPSA) is 138 Å². The van der Waals surface area contributed by atoms with Gasteiger partial charge in [-0.15, -0.1) is 0 Å². The number of H-pyrrole nitrogens is 1. The summed E-state index contributed by atoms with van der Waals surface area (Å²) < 4.78 is 39.0. The molecular formula is C43H40N6O4SSi. The lowest BCUT2D eigenvalue weighted by Crippen LogP contribution is -2.66. The Kier molecular flexibility index (Phi) is 8.91. The molecule has 0 spiro atoms. The number of aryl methyl sites for hydroxylation is 1. The van der Waals surface area contributed by atoms with Gasteiger partial charge in [0.1, 0.15) is 17.3 Å². The third-order valence-corrected chi connectivity index (χ3v) is 16.9. The summed E-state index contributed by atoms with van der Waals surface area (Å²) in [6, 6.07) is 40.0. The minimum absolute atomic E-state index is 0.0438. The molecule has 3 heterocycles. The fourth-order valence-corrected chi connectivity index (χ4v) is 13.8. The maximum absolute atomic E-state index is 14.6. The van der Waals surface area contributed by atoms with Crippen molar-refractivity contribution in [2.45, 2.75) is 44.2 Å². The Labute approximate surface area is 320 Å². The van der Waals surface area contributed by atoms with Crippen LogP contribution in [0.3, 0.4) is 0 Å². The molecule has 12 heteroatoms. The first-order chi connectivity index (χ1) is 26.4. The van der Waals surface area contributed by atoms with Crippen molar-refractivity contribution in [1.29, 1.82) is 0 Å². The summed E-state index contributed by atoms with van der Waals surface area (Å²) >= 11 is 0. The zero-order chi connectivity index (χ0) is 38.5. The minimum Gasteiger partial charge on any atom is -0.403 e. The van der Waals surface area contributed by atoms with E-state index in [2.05, 4.69) is 60.1 Å². The Hall–Kier alpha value is -6.08. The van der Waals surface area contributed by atoms with Crippen molar-refractivity contribution in [1.82, 2.24) is 23.7 Å². The van der Waals surface area contributed by atoms with E-state index in [0.29, 0.717) is 34.0 Å². The van der Waals surface area contributed by atoms with E-state index in [9.17, 15) is 13.2 Å². The quantitative estimate of drug-likeness (QED) is 0.109. The second-order valence-electron chi connectivity index (χ2n) is 14.6. The summed E-state index contributed by atoms with van der Waals surface area (Å²) in [5.74, 6) is 1.02. The number of hydrogen-bond acceptors (Lipinski definition) is 7. The summed E-state index contributed by atoms with van der Waals surface area (Å²) in [6.45, 7) is 8.71. The average molecular weight is 765 g/mol. The van der Waals surface area contributed by atoms with Crippen molar-refractivity contribution >= 4 is 62.8 Å². The first-order valence-corrected chi connectivity index (χ1v) is 21.3. The van der Waals surface area contributed by atoms with Gasteiger partial charge < -0.3 is 15.1 Å². The molecule has 0 aliphatic carbocycles. The summed E-state index contributed by atoms with van der Waals surface area (Å²) in [4.78, 5) is 21.0. The van der Waals surface area contributed by atoms with Crippen LogP contribution in [0, 0.1) is 6.92 Å². The number of carbonyl (C=O) groups is 1. The number of nitrogens with zero attached hydrogens (tertiary/aromatic N) is 4. The zero-order valence-corrected chi connectivity index (χ0v) is 32.7. The molecule has 55 heavy (non-hydrogen) atoms. The van der Waals surface area contributed by atoms with E-state index in [1.165, 1.54) is 12.1 Å². The molecule has 0 aliphatic rings. The molecule has 0 unspecified atom stereocenters. The predicted molar refractivity (Wildman–Crippen MR) is 220 cm³/mol. The molecule has 5 aromatic carbocycles. The lowest BCUT2D eigenvalue weighted by molar-refractivity contribution is 0.111. The fourth-order valence-electron chi connectivity index (χ4n) is 7.73. The van der Waals surface area contributed by atoms with Crippen LogP contribution in [0.4, 0.5) is 5.82 Å². The highest BCUT2D eigenvalue weighted by Crippen LogP contribution is 2.41. The molecular weight excluding hydrogens is 725 g/mol. The van der Waals surface area contributed by atoms with E-state index in [1.807, 2.05) is 73.7 Å². The number of nitrogens with two attached hydrogens (primary N) is 1. The second kappa shape index (κ2) is 13.6. The van der Waals surface area contributed by atoms with E-state index in [1.54, 1.807) is 35.1 Å². The van der Waals surface area contributed by atoms with Gasteiger partial charge in [-0.25, -0.2) is 22.1 Å². The average Bonchev–Trinajstić information content (AvgIpc) is 3.86. The summed E-state index contributed by atoms with van der Waals surface area (Å²) in [6.07, 6.45) is 2.14. The highest BCUT2D eigenvalue weighted by atomic mass is 32.2. The van der Waals surface area contributed by atoms with Crippen LogP contribution in [0.5, 0.6) is 0 Å². The van der Waals surface area contributed by atoms with Crippen LogP contribution in [0.25, 0.3) is 38.8 Å². The number of aromatic nitrogens is 5. The van der Waals surface area contributed by atoms with Crippen molar-refractivity contribution < 1.29 is 17.6 Å². The lowest BCUT2D eigenvalue weighted by Gasteiger charge is -2.43. The molecule has 276 valence electrons. The SMILES string of the molecule is Cc1nc2ccc(-n3ncc(-c4c(C=O)n(S(=O)(=O)c5ccccc5)c5cc(CO[Si](c6ccccc6)(c6ccccc6)C(C)(C)C)ccc45)c3N)cc2[nH]1. The van der Waals surface area contributed by atoms with Crippen molar-refractivity contribution in [2.75, 3.05) is 5.73 Å². The van der Waals surface area contributed by atoms with Gasteiger partial charge in [0.2, 0.25) is 0 Å². The van der Waals surface area contributed by atoms with Gasteiger partial charge in [0.05, 0.1) is 39.9 Å². The van der Waals surface area contributed by atoms with Gasteiger partial charge in [-0.2, -0.15) is 5.10 Å². The zero-order valence-electron chi connectivity index (χ0n) is 30.9. The lowest BCUT2D eigenvalue weighted by atomic mass is 10.0. The van der Waals surface area contributed by atoms with Crippen molar-refractivity contribution in [3.05, 3.63) is 151 Å². The van der Waals surface area contributed by atoms with Crippen LogP contribution in [-0.2, 0) is 21.1 Å². The fraction of sp³-hybridized carbons (Fsp3) is 0.140. The molecule has 0 saturated carbocycles. The Morgan fingerprint density at radius 3 is 2.11 bits per heavy atom. The second-order valence-corrected chi connectivity index (χ2v) is 20.7. The predicted octanol–water partition coefficient (Wildman–Crippen LogP) is 7.39. The van der Waals surface area contributed by atoms with Gasteiger partial charge in [0, 0.05) is 16.5 Å². The van der Waals surface area contributed by atoms with Gasteiger partial charge in [0.25, 0.3) is 18.3 Å². The van der Waals surface area contributed by atoms with Crippen LogP contribution < -0.4 is 16.1 Å². The maximum Gasteiger partial charge on any atom is 0.268 e. The van der Waals surface area contributed by atoms with Crippen LogP contribution in [0.15, 0.2) is 138 Å². The van der Waals surface area contributed by atoms with Gasteiger partial charge in [-0.3, -0.25) is 4.79 Å². The number of anilines is 1. The number of imidazole rings is 1. The monoisotopic (exact) mass is 764 g/mol. The number of nitrogens with one attached hydrogen (secondary N) is 1. The van der Waals surface area contributed by atoms with Crippen molar-refractivity contribution in [3.63, 3.8) is 0 Å². The number of rotatable bonds is 10. The first kappa shape index (κ1) is 35.9. The van der Waals surface area contributed by atoms with Crippen LogP contribution in [0.1, 0.15) is 42.6 Å². The summed E-state index contributed by atoms with van der Waals surface area (Å²) in [5.41, 5.74) is 10.9. The molecule has 10 nitrogen and oxygen atoms in total. The summed E-state index contributed by atoms with van der Waals surface area (Å²) in [5, 5.41) is 7.13. The van der Waals surface area contributed by atoms with Gasteiger partial charge in [-0.1, -0.05) is 112 Å². The normalized spacial score (nSPS) is 12.4. The largest absolute Gasteiger partial charge is 0.403 e. The molecule has 0 aliphatic heterocycles. The number of hydrogen-bond donors (Lipinski definition) is 2. The molecule has 0 radical (unpaired) electrons. The third kappa shape index (κ3) is 5.99. The molecule has 3 N–H and O–H groups in total. The number of aromatic amines is 1. The van der Waals surface area contributed by atoms with Crippen molar-refractivity contribution in [2.24, 2.45) is 0 Å². The van der Waals surface area contributed by atoms with E-state index in [0.717, 1.165) is 36.8 Å². The Morgan fingerprint density at radius 1 is 0.855 bits per heavy atom. The first-order valence-electron chi connectivity index (χ1n) is 17.9. The molecule has 3 aromatic heterocycles. The van der Waals surface area contributed by atoms with E-state index in [-0.39, 0.29) is 28.1 Å². The Bertz CT molecular complexity index is 2770. The van der Waals surface area contributed by atoms with E-state index >= 15 is 0 Å². The number of nitrogen functional groups attached to an aromatic ring is 1. The number of carbonyl (C=O) groups excluding carboxylic acids is 1. The van der Waals surface area contributed by atoms with Crippen LogP contribution >= 0.6 is 0 Å². The van der Waals surface area contributed by atoms with Gasteiger partial charge in [0.15, 0.2) is 6.29 Å². The molecule has 0 atom stereocenters. The highest BCUT2D eigenvalue weighted by Gasteiger charge is 2.50. The number of fused-ring (bicyclic) bond motifs is 2. The standard InChI is InChI=1S/C43H40N6O4SSi/c1-29-46-37-23-21-31(25-38(37)47-29)48-42(44)36(26-45-48)41-35-22-20-30(24-39(35)49(40(41)27-50)54(51,52)32-14-8-5-9-15-32)28-53-55(43(2,3)4,33-16-10-6-11-17-33)34-18-12-7-13-19-34/h5-27H,28,44H2,1-4H3,(H,46,47). The molecule has 0 bridgehead atoms.